The van der Waals surface area contributed by atoms with Gasteiger partial charge in [0.2, 0.25) is 11.9 Å². The summed E-state index contributed by atoms with van der Waals surface area (Å²) >= 11 is 0. The smallest absolute Gasteiger partial charge is 0.307 e. The fraction of sp³-hybridized carbons (Fsp3) is 0.500. The number of nitrogens with one attached hydrogen (secondary N) is 1. The van der Waals surface area contributed by atoms with Gasteiger partial charge in [-0.25, -0.2) is 4.98 Å². The molecule has 1 heterocycles. The second kappa shape index (κ2) is 4.08. The molecular weight excluding hydrogens is 224 g/mol. The van der Waals surface area contributed by atoms with Crippen molar-refractivity contribution in [1.82, 2.24) is 15.2 Å². The van der Waals surface area contributed by atoms with E-state index in [0.29, 0.717) is 17.8 Å². The maximum atomic E-state index is 11.6. The molecule has 1 aromatic heterocycles. The highest BCUT2D eigenvalue weighted by Crippen LogP contribution is 2.39. The van der Waals surface area contributed by atoms with E-state index in [1.807, 2.05) is 0 Å². The van der Waals surface area contributed by atoms with Gasteiger partial charge in [0.15, 0.2) is 0 Å². The zero-order valence-electron chi connectivity index (χ0n) is 9.47. The third kappa shape index (κ3) is 2.38. The average Bonchev–Trinajstić information content (AvgIpc) is 3.03. The van der Waals surface area contributed by atoms with Crippen LogP contribution in [0.4, 0.5) is 5.95 Å². The van der Waals surface area contributed by atoms with Crippen LogP contribution in [-0.4, -0.2) is 32.2 Å². The number of carboxylic acids is 1. The first kappa shape index (κ1) is 11.4. The van der Waals surface area contributed by atoms with E-state index in [-0.39, 0.29) is 11.9 Å². The number of anilines is 1. The van der Waals surface area contributed by atoms with Crippen LogP contribution in [0.3, 0.4) is 0 Å². The van der Waals surface area contributed by atoms with Gasteiger partial charge in [-0.1, -0.05) is 0 Å². The Kier molecular flexibility index (Phi) is 2.74. The lowest BCUT2D eigenvalue weighted by Gasteiger charge is -2.03. The third-order valence-electron chi connectivity index (χ3n) is 2.77. The number of hydrogen-bond acceptors (Lipinski definition) is 5. The number of amides is 1. The molecule has 0 bridgehead atoms. The van der Waals surface area contributed by atoms with E-state index in [2.05, 4.69) is 20.5 Å². The predicted molar refractivity (Wildman–Crippen MR) is 57.2 cm³/mol. The number of aryl methyl sites for hydroxylation is 2. The van der Waals surface area contributed by atoms with Gasteiger partial charge in [0, 0.05) is 0 Å². The van der Waals surface area contributed by atoms with Crippen LogP contribution in [0.25, 0.3) is 0 Å². The molecule has 0 unspecified atom stereocenters. The van der Waals surface area contributed by atoms with Crippen LogP contribution in [0.2, 0.25) is 0 Å². The maximum absolute atomic E-state index is 11.6. The monoisotopic (exact) mass is 236 g/mol. The van der Waals surface area contributed by atoms with Gasteiger partial charge in [-0.15, -0.1) is 5.10 Å². The van der Waals surface area contributed by atoms with E-state index in [0.717, 1.165) is 0 Å². The normalized spacial score (nSPS) is 22.0. The SMILES string of the molecule is Cc1nnc(NC(=O)[C@@H]2C[C@@H]2C(=O)O)nc1C. The lowest BCUT2D eigenvalue weighted by Crippen LogP contribution is -2.19. The average molecular weight is 236 g/mol. The minimum Gasteiger partial charge on any atom is -0.481 e. The zero-order chi connectivity index (χ0) is 12.6. The first-order valence-corrected chi connectivity index (χ1v) is 5.20. The fourth-order valence-corrected chi connectivity index (χ4v) is 1.47. The van der Waals surface area contributed by atoms with Crippen molar-refractivity contribution in [2.75, 3.05) is 5.32 Å². The molecule has 1 amide bonds. The molecule has 1 fully saturated rings. The maximum Gasteiger partial charge on any atom is 0.307 e. The van der Waals surface area contributed by atoms with E-state index in [4.69, 9.17) is 5.11 Å². The minimum absolute atomic E-state index is 0.120. The van der Waals surface area contributed by atoms with Crippen molar-refractivity contribution >= 4 is 17.8 Å². The third-order valence-corrected chi connectivity index (χ3v) is 2.77. The summed E-state index contributed by atoms with van der Waals surface area (Å²) in [5, 5.41) is 18.7. The van der Waals surface area contributed by atoms with E-state index in [1.54, 1.807) is 13.8 Å². The van der Waals surface area contributed by atoms with Crippen molar-refractivity contribution < 1.29 is 14.7 Å². The highest BCUT2D eigenvalue weighted by Gasteiger charge is 2.48. The molecule has 0 aliphatic heterocycles. The van der Waals surface area contributed by atoms with Crippen LogP contribution in [-0.2, 0) is 9.59 Å². The molecule has 1 saturated carbocycles. The summed E-state index contributed by atoms with van der Waals surface area (Å²) in [7, 11) is 0. The minimum atomic E-state index is -0.940. The summed E-state index contributed by atoms with van der Waals surface area (Å²) in [6.07, 6.45) is 0.374. The fourth-order valence-electron chi connectivity index (χ4n) is 1.47. The molecule has 90 valence electrons. The molecule has 7 heteroatoms. The Morgan fingerprint density at radius 3 is 2.47 bits per heavy atom. The first-order valence-electron chi connectivity index (χ1n) is 5.20. The Bertz CT molecular complexity index is 488. The van der Waals surface area contributed by atoms with Crippen LogP contribution in [0.5, 0.6) is 0 Å². The molecule has 2 rings (SSSR count). The van der Waals surface area contributed by atoms with E-state index in [9.17, 15) is 9.59 Å². The molecule has 2 N–H and O–H groups in total. The Morgan fingerprint density at radius 2 is 1.94 bits per heavy atom. The quantitative estimate of drug-likeness (QED) is 0.773. The molecule has 1 aromatic rings. The Labute approximate surface area is 97.3 Å². The molecule has 2 atom stereocenters. The van der Waals surface area contributed by atoms with Gasteiger partial charge in [0.05, 0.1) is 23.2 Å². The number of aromatic nitrogens is 3. The van der Waals surface area contributed by atoms with Gasteiger partial charge < -0.3 is 5.11 Å². The Balaban J connectivity index is 2.00. The molecule has 7 nitrogen and oxygen atoms in total. The van der Waals surface area contributed by atoms with Crippen molar-refractivity contribution in [3.63, 3.8) is 0 Å². The van der Waals surface area contributed by atoms with E-state index < -0.39 is 17.8 Å². The Morgan fingerprint density at radius 1 is 1.24 bits per heavy atom. The summed E-state index contributed by atoms with van der Waals surface area (Å²) in [5.41, 5.74) is 1.37. The first-order chi connectivity index (χ1) is 7.99. The van der Waals surface area contributed by atoms with Gasteiger partial charge in [-0.2, -0.15) is 5.10 Å². The Hall–Kier alpha value is -2.05. The van der Waals surface area contributed by atoms with Crippen LogP contribution in [0.1, 0.15) is 17.8 Å². The number of aliphatic carboxylic acids is 1. The summed E-state index contributed by atoms with van der Waals surface area (Å²) in [6, 6.07) is 0. The molecule has 1 aliphatic rings. The standard InChI is InChI=1S/C10H12N4O3/c1-4-5(2)13-14-10(11-4)12-8(15)6-3-7(6)9(16)17/h6-7H,3H2,1-2H3,(H,16,17)(H,11,12,14,15)/t6-,7+/m1/s1. The molecular formula is C10H12N4O3. The van der Waals surface area contributed by atoms with Crippen molar-refractivity contribution in [2.45, 2.75) is 20.3 Å². The van der Waals surface area contributed by atoms with Crippen molar-refractivity contribution in [2.24, 2.45) is 11.8 Å². The van der Waals surface area contributed by atoms with E-state index in [1.165, 1.54) is 0 Å². The van der Waals surface area contributed by atoms with Gasteiger partial charge in [-0.05, 0) is 20.3 Å². The van der Waals surface area contributed by atoms with Gasteiger partial charge in [0.1, 0.15) is 0 Å². The van der Waals surface area contributed by atoms with Crippen LogP contribution >= 0.6 is 0 Å². The number of nitrogens with zero attached hydrogens (tertiary/aromatic N) is 3. The van der Waals surface area contributed by atoms with Crippen LogP contribution in [0.15, 0.2) is 0 Å². The second-order valence-electron chi connectivity index (χ2n) is 4.08. The second-order valence-corrected chi connectivity index (χ2v) is 4.08. The van der Waals surface area contributed by atoms with Gasteiger partial charge >= 0.3 is 5.97 Å². The lowest BCUT2D eigenvalue weighted by atomic mass is 10.3. The number of hydrogen-bond donors (Lipinski definition) is 2. The van der Waals surface area contributed by atoms with Crippen molar-refractivity contribution in [1.29, 1.82) is 0 Å². The van der Waals surface area contributed by atoms with Gasteiger partial charge in [0.25, 0.3) is 0 Å². The largest absolute Gasteiger partial charge is 0.481 e. The number of carbonyl (C=O) groups is 2. The lowest BCUT2D eigenvalue weighted by molar-refractivity contribution is -0.139. The van der Waals surface area contributed by atoms with Gasteiger partial charge in [-0.3, -0.25) is 14.9 Å². The predicted octanol–water partition coefficient (Wildman–Crippen LogP) is 0.148. The van der Waals surface area contributed by atoms with E-state index >= 15 is 0 Å². The van der Waals surface area contributed by atoms with Crippen molar-refractivity contribution in [3.05, 3.63) is 11.4 Å². The molecule has 0 aromatic carbocycles. The molecule has 17 heavy (non-hydrogen) atoms. The van der Waals surface area contributed by atoms with Crippen LogP contribution < -0.4 is 5.32 Å². The molecule has 0 saturated heterocycles. The van der Waals surface area contributed by atoms with Crippen molar-refractivity contribution in [3.8, 4) is 0 Å². The topological polar surface area (TPSA) is 105 Å². The molecule has 0 spiro atoms. The summed E-state index contributed by atoms with van der Waals surface area (Å²) in [4.78, 5) is 26.2. The summed E-state index contributed by atoms with van der Waals surface area (Å²) in [6.45, 7) is 3.53. The highest BCUT2D eigenvalue weighted by atomic mass is 16.4. The molecule has 0 radical (unpaired) electrons. The number of carboxylic acid groups (broad SMARTS) is 1. The van der Waals surface area contributed by atoms with Crippen LogP contribution in [0, 0.1) is 25.7 Å². The highest BCUT2D eigenvalue weighted by molar-refractivity contribution is 5.97. The molecule has 1 aliphatic carbocycles. The number of carbonyl (C=O) groups excluding carboxylic acids is 1. The summed E-state index contributed by atoms with van der Waals surface area (Å²) in [5.74, 6) is -2.23. The zero-order valence-corrected chi connectivity index (χ0v) is 9.47. The number of rotatable bonds is 3. The summed E-state index contributed by atoms with van der Waals surface area (Å²) < 4.78 is 0.